The highest BCUT2D eigenvalue weighted by molar-refractivity contribution is 5.96. The van der Waals surface area contributed by atoms with Gasteiger partial charge in [0, 0.05) is 37.4 Å². The molecule has 1 aliphatic heterocycles. The zero-order valence-corrected chi connectivity index (χ0v) is 24.9. The molecule has 0 spiro atoms. The molecule has 8 heteroatoms. The third-order valence-electron chi connectivity index (χ3n) is 10.1. The van der Waals surface area contributed by atoms with Gasteiger partial charge in [0.2, 0.25) is 0 Å². The zero-order chi connectivity index (χ0) is 28.9. The van der Waals surface area contributed by atoms with Gasteiger partial charge in [-0.1, -0.05) is 32.9 Å². The molecule has 2 heterocycles. The van der Waals surface area contributed by atoms with Crippen molar-refractivity contribution in [2.75, 3.05) is 18.4 Å². The van der Waals surface area contributed by atoms with Gasteiger partial charge < -0.3 is 15.5 Å². The van der Waals surface area contributed by atoms with Crippen molar-refractivity contribution in [3.63, 3.8) is 0 Å². The maximum absolute atomic E-state index is 13.2. The highest BCUT2D eigenvalue weighted by Gasteiger charge is 2.56. The van der Waals surface area contributed by atoms with Gasteiger partial charge in [-0.25, -0.2) is 14.4 Å². The fourth-order valence-corrected chi connectivity index (χ4v) is 7.57. The first kappa shape index (κ1) is 27.9. The van der Waals surface area contributed by atoms with Crippen LogP contribution in [0.5, 0.6) is 0 Å². The predicted molar refractivity (Wildman–Crippen MR) is 164 cm³/mol. The Morgan fingerprint density at radius 2 is 1.83 bits per heavy atom. The third kappa shape index (κ3) is 5.51. The van der Waals surface area contributed by atoms with Crippen molar-refractivity contribution in [3.05, 3.63) is 70.5 Å². The number of aromatic nitrogens is 2. The molecule has 0 unspecified atom stereocenters. The number of anilines is 1. The molecule has 0 radical (unpaired) electrons. The first-order chi connectivity index (χ1) is 19.6. The molecule has 4 fully saturated rings. The molecule has 7 nitrogen and oxygen atoms in total. The number of rotatable bonds is 5. The monoisotopic (exact) mass is 558 g/mol. The van der Waals surface area contributed by atoms with Crippen LogP contribution < -0.4 is 16.2 Å². The van der Waals surface area contributed by atoms with E-state index in [4.69, 9.17) is 4.99 Å². The van der Waals surface area contributed by atoms with Crippen LogP contribution in [0.3, 0.4) is 0 Å². The zero-order valence-electron chi connectivity index (χ0n) is 24.9. The van der Waals surface area contributed by atoms with Crippen molar-refractivity contribution in [1.29, 1.82) is 0 Å². The fraction of sp³-hybridized carbons (Fsp3) is 0.545. The van der Waals surface area contributed by atoms with Crippen LogP contribution in [0.15, 0.2) is 58.6 Å². The van der Waals surface area contributed by atoms with Gasteiger partial charge in [-0.2, -0.15) is 0 Å². The van der Waals surface area contributed by atoms with Crippen molar-refractivity contribution in [1.82, 2.24) is 19.8 Å². The Bertz CT molecular complexity index is 1490. The SMILES string of the molecule is C[C@@H]1[C@@H](/N=C(/Nc2ccc3c(=O)n(CCc4ccc(F)cc4)cnc3c2)N2C[C@@H](C)N[C@@H](C)C2)C[C@H]2C[C@@H]1C2(C)C. The van der Waals surface area contributed by atoms with E-state index in [0.717, 1.165) is 48.6 Å². The summed E-state index contributed by atoms with van der Waals surface area (Å²) in [7, 11) is 0. The topological polar surface area (TPSA) is 74.5 Å². The van der Waals surface area contributed by atoms with Gasteiger partial charge in [0.1, 0.15) is 5.82 Å². The maximum Gasteiger partial charge on any atom is 0.261 e. The van der Waals surface area contributed by atoms with Crippen LogP contribution in [-0.2, 0) is 13.0 Å². The number of hydrogen-bond acceptors (Lipinski definition) is 4. The number of fused-ring (bicyclic) bond motifs is 3. The molecule has 2 aromatic carbocycles. The van der Waals surface area contributed by atoms with Crippen molar-refractivity contribution >= 4 is 22.5 Å². The van der Waals surface area contributed by atoms with Gasteiger partial charge in [-0.15, -0.1) is 0 Å². The lowest BCUT2D eigenvalue weighted by atomic mass is 9.45. The molecule has 7 rings (SSSR count). The van der Waals surface area contributed by atoms with Gasteiger partial charge in [0.15, 0.2) is 5.96 Å². The van der Waals surface area contributed by atoms with E-state index in [9.17, 15) is 9.18 Å². The number of aliphatic imine (C=N–C) groups is 1. The van der Waals surface area contributed by atoms with Gasteiger partial charge in [-0.05, 0) is 92.2 Å². The van der Waals surface area contributed by atoms with Crippen LogP contribution in [0, 0.1) is 29.0 Å². The Morgan fingerprint density at radius 1 is 1.10 bits per heavy atom. The number of halogens is 1. The van der Waals surface area contributed by atoms with Crippen molar-refractivity contribution in [2.45, 2.75) is 78.6 Å². The smallest absolute Gasteiger partial charge is 0.261 e. The molecule has 41 heavy (non-hydrogen) atoms. The van der Waals surface area contributed by atoms with E-state index in [2.05, 4.69) is 55.1 Å². The van der Waals surface area contributed by atoms with Crippen LogP contribution in [-0.4, -0.2) is 51.6 Å². The number of aryl methyl sites for hydroxylation is 2. The second-order valence-corrected chi connectivity index (χ2v) is 13.3. The number of benzene rings is 2. The molecule has 1 saturated heterocycles. The Kier molecular flexibility index (Phi) is 7.39. The summed E-state index contributed by atoms with van der Waals surface area (Å²) in [6, 6.07) is 13.2. The van der Waals surface area contributed by atoms with Crippen LogP contribution in [0.4, 0.5) is 10.1 Å². The minimum Gasteiger partial charge on any atom is -0.340 e. The van der Waals surface area contributed by atoms with Crippen LogP contribution in [0.1, 0.15) is 53.0 Å². The van der Waals surface area contributed by atoms with Crippen LogP contribution >= 0.6 is 0 Å². The quantitative estimate of drug-likeness (QED) is 0.329. The lowest BCUT2D eigenvalue weighted by Gasteiger charge is -2.61. The second-order valence-electron chi connectivity index (χ2n) is 13.3. The summed E-state index contributed by atoms with van der Waals surface area (Å²) in [5.41, 5.74) is 2.88. The van der Waals surface area contributed by atoms with E-state index in [1.807, 2.05) is 18.2 Å². The van der Waals surface area contributed by atoms with E-state index in [1.165, 1.54) is 18.6 Å². The summed E-state index contributed by atoms with van der Waals surface area (Å²) in [5.74, 6) is 2.69. The van der Waals surface area contributed by atoms with Crippen LogP contribution in [0.2, 0.25) is 0 Å². The molecule has 3 aliphatic carbocycles. The minimum absolute atomic E-state index is 0.0693. The lowest BCUT2D eigenvalue weighted by Crippen LogP contribution is -2.59. The molecule has 1 aromatic heterocycles. The number of guanidine groups is 1. The average Bonchev–Trinajstić information content (AvgIpc) is 2.93. The minimum atomic E-state index is -0.259. The molecule has 218 valence electrons. The number of nitrogens with zero attached hydrogens (tertiary/aromatic N) is 4. The highest BCUT2D eigenvalue weighted by atomic mass is 19.1. The Balaban J connectivity index is 1.24. The summed E-state index contributed by atoms with van der Waals surface area (Å²) < 4.78 is 14.9. The average molecular weight is 559 g/mol. The van der Waals surface area contributed by atoms with Gasteiger partial charge in [0.25, 0.3) is 5.56 Å². The molecule has 0 amide bonds. The fourth-order valence-electron chi connectivity index (χ4n) is 7.57. The first-order valence-corrected chi connectivity index (χ1v) is 15.2. The van der Waals surface area contributed by atoms with Crippen molar-refractivity contribution in [3.8, 4) is 0 Å². The Labute approximate surface area is 242 Å². The summed E-state index contributed by atoms with van der Waals surface area (Å²) in [6.07, 6.45) is 4.73. The van der Waals surface area contributed by atoms with E-state index in [0.29, 0.717) is 53.3 Å². The third-order valence-corrected chi connectivity index (χ3v) is 10.1. The summed E-state index contributed by atoms with van der Waals surface area (Å²) >= 11 is 0. The van der Waals surface area contributed by atoms with Crippen molar-refractivity contribution < 1.29 is 4.39 Å². The Morgan fingerprint density at radius 3 is 2.51 bits per heavy atom. The molecular formula is C33H43FN6O. The molecular weight excluding hydrogens is 515 g/mol. The second kappa shape index (κ2) is 10.9. The summed E-state index contributed by atoms with van der Waals surface area (Å²) in [6.45, 7) is 14.0. The molecule has 2 bridgehead atoms. The maximum atomic E-state index is 13.2. The predicted octanol–water partition coefficient (Wildman–Crippen LogP) is 5.30. The molecule has 3 aromatic rings. The first-order valence-electron chi connectivity index (χ1n) is 15.2. The van der Waals surface area contributed by atoms with E-state index < -0.39 is 0 Å². The van der Waals surface area contributed by atoms with Gasteiger partial charge in [0.05, 0.1) is 23.3 Å². The normalized spacial score (nSPS) is 29.3. The van der Waals surface area contributed by atoms with E-state index >= 15 is 0 Å². The van der Waals surface area contributed by atoms with Gasteiger partial charge in [-0.3, -0.25) is 9.36 Å². The molecule has 3 saturated carbocycles. The lowest BCUT2D eigenvalue weighted by molar-refractivity contribution is -0.108. The number of hydrogen-bond donors (Lipinski definition) is 2. The Hall–Kier alpha value is -3.26. The molecule has 4 aliphatic rings. The molecule has 6 atom stereocenters. The standard InChI is InChI=1S/C33H43FN6O/c1-20-17-40(18-21(2)36-20)32(38-29-15-24-14-28(22(29)3)33(24,4)5)37-26-10-11-27-30(16-26)35-19-39(31(27)41)13-12-23-6-8-25(34)9-7-23/h6-11,16,19-22,24,28-29,36H,12-15,17-18H2,1-5H3,(H,37,38)/t20-,21+,22-,24+,28-,29-/m0/s1. The summed E-state index contributed by atoms with van der Waals surface area (Å²) in [5, 5.41) is 7.88. The number of nitrogens with one attached hydrogen (secondary N) is 2. The molecule has 2 N–H and O–H groups in total. The largest absolute Gasteiger partial charge is 0.340 e. The van der Waals surface area contributed by atoms with Crippen molar-refractivity contribution in [2.24, 2.45) is 28.2 Å². The number of piperazine rings is 1. The summed E-state index contributed by atoms with van der Waals surface area (Å²) in [4.78, 5) is 25.7. The van der Waals surface area contributed by atoms with Gasteiger partial charge >= 0.3 is 0 Å². The van der Waals surface area contributed by atoms with E-state index in [1.54, 1.807) is 23.0 Å². The van der Waals surface area contributed by atoms with Crippen LogP contribution in [0.25, 0.3) is 10.9 Å². The van der Waals surface area contributed by atoms with E-state index in [-0.39, 0.29) is 11.4 Å². The highest BCUT2D eigenvalue weighted by Crippen LogP contribution is 2.61.